The largest absolute Gasteiger partial charge is 1.00 e. The molecule has 0 aromatic carbocycles. The molecule has 2 N–H and O–H groups in total. The van der Waals surface area contributed by atoms with Crippen LogP contribution in [-0.4, -0.2) is 28.8 Å². The van der Waals surface area contributed by atoms with Gasteiger partial charge in [0.05, 0.1) is 11.3 Å². The second kappa shape index (κ2) is 11.9. The van der Waals surface area contributed by atoms with Crippen LogP contribution < -0.4 is 39.2 Å². The molecule has 2 aromatic rings. The molecule has 33 heavy (non-hydrogen) atoms. The summed E-state index contributed by atoms with van der Waals surface area (Å²) < 4.78 is 15.2. The van der Waals surface area contributed by atoms with Crippen molar-refractivity contribution in [2.75, 3.05) is 0 Å². The molecule has 1 aliphatic rings. The Morgan fingerprint density at radius 2 is 1.64 bits per heavy atom. The molecule has 0 aliphatic carbocycles. The van der Waals surface area contributed by atoms with Gasteiger partial charge in [0.15, 0.2) is 6.20 Å². The van der Waals surface area contributed by atoms with Gasteiger partial charge >= 0.3 is 12.2 Å². The van der Waals surface area contributed by atoms with Gasteiger partial charge in [-0.25, -0.2) is 9.59 Å². The molecule has 2 amide bonds. The number of carbonyl (C=O) groups is 2. The molecule has 1 aliphatic heterocycles. The van der Waals surface area contributed by atoms with Gasteiger partial charge in [-0.3, -0.25) is 0 Å². The van der Waals surface area contributed by atoms with Crippen LogP contribution in [0.15, 0.2) is 18.3 Å². The predicted molar refractivity (Wildman–Crippen MR) is 121 cm³/mol. The minimum Gasteiger partial charge on any atom is -1.00 e. The Labute approximate surface area is 217 Å². The van der Waals surface area contributed by atoms with Gasteiger partial charge in [0, 0.05) is 41.5 Å². The third-order valence-corrected chi connectivity index (χ3v) is 5.63. The van der Waals surface area contributed by atoms with Crippen molar-refractivity contribution < 1.29 is 47.6 Å². The van der Waals surface area contributed by atoms with E-state index in [9.17, 15) is 9.59 Å². The Kier molecular flexibility index (Phi) is 9.84. The predicted octanol–water partition coefficient (Wildman–Crippen LogP) is 0.852. The molecule has 0 fully saturated rings. The van der Waals surface area contributed by atoms with Crippen LogP contribution in [0.5, 0.6) is 0 Å². The van der Waals surface area contributed by atoms with E-state index in [0.29, 0.717) is 5.15 Å². The number of fused-ring (bicyclic) bond motifs is 1. The zero-order chi connectivity index (χ0) is 23.4. The smallest absolute Gasteiger partial charge is 0.407 e. The van der Waals surface area contributed by atoms with Gasteiger partial charge in [-0.1, -0.05) is 0 Å². The van der Waals surface area contributed by atoms with Gasteiger partial charge in [0.1, 0.15) is 20.3 Å². The number of alkyl carbamates (subject to hydrolysis) is 2. The number of aromatic nitrogens is 2. The molecular weight excluding hydrogens is 559 g/mol. The van der Waals surface area contributed by atoms with Gasteiger partial charge in [-0.05, 0) is 58.2 Å². The summed E-state index contributed by atoms with van der Waals surface area (Å²) >= 11 is 6.22. The summed E-state index contributed by atoms with van der Waals surface area (Å²) in [5.41, 5.74) is 4.77. The van der Waals surface area contributed by atoms with Crippen LogP contribution in [-0.2, 0) is 42.7 Å². The molecule has 182 valence electrons. The van der Waals surface area contributed by atoms with E-state index < -0.39 is 12.2 Å². The highest BCUT2D eigenvalue weighted by atomic mass is 127. The van der Waals surface area contributed by atoms with Crippen molar-refractivity contribution in [3.8, 4) is 11.3 Å². The fraction of sp³-hybridized carbons (Fsp3) is 0.522. The van der Waals surface area contributed by atoms with E-state index in [1.165, 1.54) is 0 Å². The van der Waals surface area contributed by atoms with E-state index >= 15 is 0 Å². The summed E-state index contributed by atoms with van der Waals surface area (Å²) in [4.78, 5) is 24.3. The van der Waals surface area contributed by atoms with Crippen molar-refractivity contribution >= 4 is 23.8 Å². The number of halogens is 2. The third-order valence-electron chi connectivity index (χ3n) is 5.24. The Morgan fingerprint density at radius 3 is 2.18 bits per heavy atom. The maximum atomic E-state index is 12.2. The minimum absolute atomic E-state index is 0. The van der Waals surface area contributed by atoms with Gasteiger partial charge in [0.2, 0.25) is 0 Å². The highest BCUT2D eigenvalue weighted by Gasteiger charge is 2.29. The quantitative estimate of drug-likeness (QED) is 0.285. The normalized spacial score (nSPS) is 12.4. The van der Waals surface area contributed by atoms with Crippen molar-refractivity contribution in [1.82, 2.24) is 15.2 Å². The van der Waals surface area contributed by atoms with Gasteiger partial charge in [0.25, 0.3) is 5.15 Å². The number of nitrogens with one attached hydrogen (secondary N) is 2. The second-order valence-corrected chi connectivity index (χ2v) is 9.00. The van der Waals surface area contributed by atoms with Crippen molar-refractivity contribution in [3.63, 3.8) is 0 Å². The summed E-state index contributed by atoms with van der Waals surface area (Å²) in [6.45, 7) is 8.54. The molecule has 0 unspecified atom stereocenters. The second-order valence-electron chi connectivity index (χ2n) is 8.61. The summed E-state index contributed by atoms with van der Waals surface area (Å²) in [5.74, 6) is 0. The summed E-state index contributed by atoms with van der Waals surface area (Å²) in [6, 6.07) is 3.75. The average Bonchev–Trinajstić information content (AvgIpc) is 3.26. The van der Waals surface area contributed by atoms with Gasteiger partial charge < -0.3 is 48.7 Å². The van der Waals surface area contributed by atoms with Crippen molar-refractivity contribution in [2.45, 2.75) is 72.4 Å². The molecule has 2 aromatic heterocycles. The fourth-order valence-corrected chi connectivity index (χ4v) is 4.04. The zero-order valence-electron chi connectivity index (χ0n) is 19.7. The number of aryl methyl sites for hydroxylation is 1. The van der Waals surface area contributed by atoms with Crippen molar-refractivity contribution in [1.29, 1.82) is 0 Å². The standard InChI is InChI=1S/C23H31ClN4O4.HI/c1-14(2)25-22(29)31-12-17-18(13-32-23(30)26-15(3)4)21(28-10-6-7-19(17)28)16-8-9-20(24)27(5)11-16;/h8-9,11,14-15H,6-7,10,12-13H2,1-5H3,(H-,25,26,29,30);1H. The third kappa shape index (κ3) is 6.75. The van der Waals surface area contributed by atoms with Gasteiger partial charge in [-0.15, -0.1) is 0 Å². The first kappa shape index (κ1) is 27.2. The van der Waals surface area contributed by atoms with Crippen molar-refractivity contribution in [3.05, 3.63) is 40.3 Å². The Balaban J connectivity index is 0.00000385. The highest BCUT2D eigenvalue weighted by Crippen LogP contribution is 2.37. The summed E-state index contributed by atoms with van der Waals surface area (Å²) in [7, 11) is 1.88. The molecule has 3 heterocycles. The molecule has 0 saturated carbocycles. The first-order chi connectivity index (χ1) is 15.2. The number of rotatable bonds is 7. The fourth-order valence-electron chi connectivity index (χ4n) is 3.93. The lowest BCUT2D eigenvalue weighted by Gasteiger charge is -2.14. The van der Waals surface area contributed by atoms with Crippen LogP contribution in [0, 0.1) is 0 Å². The molecular formula is C23H32ClIN4O4. The maximum Gasteiger partial charge on any atom is 0.407 e. The molecule has 0 spiro atoms. The summed E-state index contributed by atoms with van der Waals surface area (Å²) in [6.07, 6.45) is 2.87. The number of pyridine rings is 1. The van der Waals surface area contributed by atoms with E-state index in [2.05, 4.69) is 15.2 Å². The number of hydrogen-bond donors (Lipinski definition) is 2. The minimum atomic E-state index is -0.483. The van der Waals surface area contributed by atoms with Gasteiger partial charge in [-0.2, -0.15) is 4.57 Å². The number of ether oxygens (including phenoxy) is 2. The molecule has 10 heteroatoms. The van der Waals surface area contributed by atoms with Crippen LogP contribution in [0.1, 0.15) is 50.9 Å². The molecule has 8 nitrogen and oxygen atoms in total. The molecule has 0 radical (unpaired) electrons. The Hall–Kier alpha value is -2.01. The van der Waals surface area contributed by atoms with E-state index in [1.807, 2.05) is 57.6 Å². The zero-order valence-corrected chi connectivity index (χ0v) is 22.6. The lowest BCUT2D eigenvalue weighted by molar-refractivity contribution is -0.668. The van der Waals surface area contributed by atoms with Crippen LogP contribution in [0.2, 0.25) is 5.15 Å². The van der Waals surface area contributed by atoms with E-state index in [4.69, 9.17) is 21.1 Å². The highest BCUT2D eigenvalue weighted by molar-refractivity contribution is 6.28. The Morgan fingerprint density at radius 1 is 1.06 bits per heavy atom. The van der Waals surface area contributed by atoms with E-state index in [1.54, 1.807) is 0 Å². The first-order valence-corrected chi connectivity index (χ1v) is 11.3. The SMILES string of the molecule is CC(C)NC(=O)OCc1c(COC(=O)NC(C)C)c(-c2ccc(Cl)[n+](C)c2)n2c1CCC2.[I-]. The van der Waals surface area contributed by atoms with Crippen LogP contribution >= 0.6 is 11.6 Å². The number of hydrogen-bond acceptors (Lipinski definition) is 4. The molecule has 0 bridgehead atoms. The molecule has 3 rings (SSSR count). The average molecular weight is 591 g/mol. The van der Waals surface area contributed by atoms with Crippen LogP contribution in [0.4, 0.5) is 9.59 Å². The lowest BCUT2D eigenvalue weighted by Crippen LogP contribution is -3.00. The van der Waals surface area contributed by atoms with E-state index in [0.717, 1.165) is 47.5 Å². The number of nitrogens with zero attached hydrogens (tertiary/aromatic N) is 2. The van der Waals surface area contributed by atoms with E-state index in [-0.39, 0.29) is 49.3 Å². The monoisotopic (exact) mass is 590 g/mol. The maximum absolute atomic E-state index is 12.2. The first-order valence-electron chi connectivity index (χ1n) is 10.9. The van der Waals surface area contributed by atoms with Crippen LogP contribution in [0.25, 0.3) is 11.3 Å². The van der Waals surface area contributed by atoms with Crippen LogP contribution in [0.3, 0.4) is 0 Å². The van der Waals surface area contributed by atoms with Crippen molar-refractivity contribution in [2.24, 2.45) is 7.05 Å². The Bertz CT molecular complexity index is 1010. The summed E-state index contributed by atoms with van der Waals surface area (Å²) in [5, 5.41) is 6.10. The topological polar surface area (TPSA) is 85.5 Å². The number of amides is 2. The molecule has 0 saturated heterocycles. The number of carbonyl (C=O) groups excluding carboxylic acids is 2. The lowest BCUT2D eigenvalue weighted by atomic mass is 10.0. The molecule has 0 atom stereocenters.